The van der Waals surface area contributed by atoms with E-state index in [9.17, 15) is 4.79 Å². The van der Waals surface area contributed by atoms with Crippen molar-refractivity contribution in [1.82, 2.24) is 5.32 Å². The lowest BCUT2D eigenvalue weighted by Crippen LogP contribution is -2.39. The van der Waals surface area contributed by atoms with E-state index in [1.165, 1.54) is 0 Å². The fourth-order valence-electron chi connectivity index (χ4n) is 2.99. The molecule has 0 bridgehead atoms. The number of rotatable bonds is 6. The molecule has 116 valence electrons. The van der Waals surface area contributed by atoms with Gasteiger partial charge in [0.25, 0.3) is 0 Å². The van der Waals surface area contributed by atoms with Gasteiger partial charge in [0.1, 0.15) is 11.9 Å². The minimum Gasteiger partial charge on any atom is -0.489 e. The quantitative estimate of drug-likeness (QED) is 0.844. The molecule has 1 aliphatic carbocycles. The fourth-order valence-corrected chi connectivity index (χ4v) is 2.99. The van der Waals surface area contributed by atoms with E-state index >= 15 is 0 Å². The highest BCUT2D eigenvalue weighted by molar-refractivity contribution is 5.79. The number of nitrogens with two attached hydrogens (primary N) is 1. The van der Waals surface area contributed by atoms with Gasteiger partial charge in [-0.15, -0.1) is 0 Å². The van der Waals surface area contributed by atoms with Gasteiger partial charge in [-0.05, 0) is 50.8 Å². The summed E-state index contributed by atoms with van der Waals surface area (Å²) in [6.07, 6.45) is 3.09. The summed E-state index contributed by atoms with van der Waals surface area (Å²) in [6.45, 7) is 5.13. The number of benzene rings is 1. The lowest BCUT2D eigenvalue weighted by molar-refractivity contribution is -0.126. The minimum absolute atomic E-state index is 0.0484. The van der Waals surface area contributed by atoms with Crippen LogP contribution in [0.3, 0.4) is 0 Å². The number of carbonyl (C=O) groups is 1. The zero-order valence-electron chi connectivity index (χ0n) is 13.0. The fraction of sp³-hybridized carbons (Fsp3) is 0.588. The second-order valence-electron chi connectivity index (χ2n) is 5.97. The standard InChI is InChI=1S/C17H26N2O2/c1-12-6-3-4-9-16(12)21-13(2)11-19-17(20)15-8-5-7-14(15)10-18/h3-4,6,9,13-15H,5,7-8,10-11,18H2,1-2H3,(H,19,20)/t13?,14-,15-/m1/s1. The van der Waals surface area contributed by atoms with Gasteiger partial charge in [0, 0.05) is 5.92 Å². The van der Waals surface area contributed by atoms with E-state index in [-0.39, 0.29) is 17.9 Å². The van der Waals surface area contributed by atoms with Crippen molar-refractivity contribution in [2.45, 2.75) is 39.2 Å². The van der Waals surface area contributed by atoms with Crippen LogP contribution in [0.5, 0.6) is 5.75 Å². The molecule has 21 heavy (non-hydrogen) atoms. The van der Waals surface area contributed by atoms with E-state index in [1.54, 1.807) is 0 Å². The summed E-state index contributed by atoms with van der Waals surface area (Å²) in [7, 11) is 0. The molecule has 1 unspecified atom stereocenters. The molecule has 2 rings (SSSR count). The van der Waals surface area contributed by atoms with E-state index in [0.717, 1.165) is 30.6 Å². The van der Waals surface area contributed by atoms with Crippen LogP contribution in [-0.2, 0) is 4.79 Å². The lowest BCUT2D eigenvalue weighted by atomic mass is 9.95. The van der Waals surface area contributed by atoms with Crippen molar-refractivity contribution in [3.63, 3.8) is 0 Å². The molecule has 1 amide bonds. The van der Waals surface area contributed by atoms with E-state index in [2.05, 4.69) is 5.32 Å². The predicted octanol–water partition coefficient (Wildman–Crippen LogP) is 2.25. The lowest BCUT2D eigenvalue weighted by Gasteiger charge is -2.20. The van der Waals surface area contributed by atoms with Crippen LogP contribution in [0, 0.1) is 18.8 Å². The van der Waals surface area contributed by atoms with Crippen LogP contribution in [0.15, 0.2) is 24.3 Å². The average molecular weight is 290 g/mol. The van der Waals surface area contributed by atoms with E-state index in [1.807, 2.05) is 38.1 Å². The first-order valence-corrected chi connectivity index (χ1v) is 7.82. The van der Waals surface area contributed by atoms with E-state index in [4.69, 9.17) is 10.5 Å². The third-order valence-corrected chi connectivity index (χ3v) is 4.28. The molecule has 0 radical (unpaired) electrons. The van der Waals surface area contributed by atoms with Crippen molar-refractivity contribution in [2.75, 3.05) is 13.1 Å². The number of hydrogen-bond acceptors (Lipinski definition) is 3. The topological polar surface area (TPSA) is 64.3 Å². The van der Waals surface area contributed by atoms with Crippen LogP contribution in [-0.4, -0.2) is 25.1 Å². The van der Waals surface area contributed by atoms with Crippen molar-refractivity contribution in [2.24, 2.45) is 17.6 Å². The minimum atomic E-state index is -0.0484. The van der Waals surface area contributed by atoms with Gasteiger partial charge in [-0.2, -0.15) is 0 Å². The van der Waals surface area contributed by atoms with Gasteiger partial charge < -0.3 is 15.8 Å². The predicted molar refractivity (Wildman–Crippen MR) is 84.2 cm³/mol. The van der Waals surface area contributed by atoms with Gasteiger partial charge in [0.05, 0.1) is 6.54 Å². The van der Waals surface area contributed by atoms with Crippen molar-refractivity contribution in [1.29, 1.82) is 0 Å². The Hall–Kier alpha value is -1.55. The summed E-state index contributed by atoms with van der Waals surface area (Å²) >= 11 is 0. The number of hydrogen-bond donors (Lipinski definition) is 2. The molecule has 0 spiro atoms. The summed E-state index contributed by atoms with van der Waals surface area (Å²) in [4.78, 5) is 12.2. The van der Waals surface area contributed by atoms with Gasteiger partial charge in [-0.1, -0.05) is 24.6 Å². The smallest absolute Gasteiger partial charge is 0.223 e. The van der Waals surface area contributed by atoms with Gasteiger partial charge >= 0.3 is 0 Å². The molecule has 3 atom stereocenters. The van der Waals surface area contributed by atoms with Crippen molar-refractivity contribution in [3.05, 3.63) is 29.8 Å². The summed E-state index contributed by atoms with van der Waals surface area (Å²) in [5, 5.41) is 3.01. The van der Waals surface area contributed by atoms with E-state index < -0.39 is 0 Å². The average Bonchev–Trinajstić information content (AvgIpc) is 2.96. The maximum Gasteiger partial charge on any atom is 0.223 e. The van der Waals surface area contributed by atoms with Crippen molar-refractivity contribution < 1.29 is 9.53 Å². The van der Waals surface area contributed by atoms with Gasteiger partial charge in [-0.25, -0.2) is 0 Å². The number of ether oxygens (including phenoxy) is 1. The zero-order chi connectivity index (χ0) is 15.2. The monoisotopic (exact) mass is 290 g/mol. The molecule has 1 aliphatic rings. The SMILES string of the molecule is Cc1ccccc1OC(C)CNC(=O)[C@@H]1CCC[C@@H]1CN. The Labute approximate surface area is 127 Å². The number of amides is 1. The maximum atomic E-state index is 12.2. The van der Waals surface area contributed by atoms with Crippen LogP contribution < -0.4 is 15.8 Å². The molecule has 1 aromatic carbocycles. The molecule has 4 heteroatoms. The summed E-state index contributed by atoms with van der Waals surface area (Å²) in [5.41, 5.74) is 6.84. The molecule has 3 N–H and O–H groups in total. The summed E-state index contributed by atoms with van der Waals surface area (Å²) < 4.78 is 5.87. The third kappa shape index (κ3) is 4.21. The van der Waals surface area contributed by atoms with E-state index in [0.29, 0.717) is 19.0 Å². The first-order valence-electron chi connectivity index (χ1n) is 7.82. The molecular weight excluding hydrogens is 264 g/mol. The highest BCUT2D eigenvalue weighted by Gasteiger charge is 2.31. The maximum absolute atomic E-state index is 12.2. The van der Waals surface area contributed by atoms with Gasteiger partial charge in [0.15, 0.2) is 0 Å². The Kier molecular flexibility index (Phi) is 5.62. The molecule has 1 saturated carbocycles. The van der Waals surface area contributed by atoms with Gasteiger partial charge in [-0.3, -0.25) is 4.79 Å². The first-order chi connectivity index (χ1) is 10.1. The summed E-state index contributed by atoms with van der Waals surface area (Å²) in [5.74, 6) is 1.43. The number of aryl methyl sites for hydroxylation is 1. The highest BCUT2D eigenvalue weighted by Crippen LogP contribution is 2.30. The Balaban J connectivity index is 1.80. The van der Waals surface area contributed by atoms with Gasteiger partial charge in [0.2, 0.25) is 5.91 Å². The normalized spacial score (nSPS) is 22.8. The molecule has 1 fully saturated rings. The van der Waals surface area contributed by atoms with Crippen molar-refractivity contribution in [3.8, 4) is 5.75 Å². The number of nitrogens with one attached hydrogen (secondary N) is 1. The Bertz CT molecular complexity index is 476. The Morgan fingerprint density at radius 2 is 2.19 bits per heavy atom. The molecule has 4 nitrogen and oxygen atoms in total. The molecule has 0 heterocycles. The van der Waals surface area contributed by atoms with Crippen LogP contribution >= 0.6 is 0 Å². The molecule has 0 aliphatic heterocycles. The molecular formula is C17H26N2O2. The van der Waals surface area contributed by atoms with Crippen LogP contribution in [0.2, 0.25) is 0 Å². The third-order valence-electron chi connectivity index (χ3n) is 4.28. The first kappa shape index (κ1) is 15.8. The van der Waals surface area contributed by atoms with Crippen LogP contribution in [0.1, 0.15) is 31.7 Å². The highest BCUT2D eigenvalue weighted by atomic mass is 16.5. The molecule has 0 saturated heterocycles. The molecule has 0 aromatic heterocycles. The molecule has 1 aromatic rings. The second-order valence-corrected chi connectivity index (χ2v) is 5.97. The second kappa shape index (κ2) is 7.46. The number of carbonyl (C=O) groups excluding carboxylic acids is 1. The Morgan fingerprint density at radius 1 is 1.43 bits per heavy atom. The number of para-hydroxylation sites is 1. The zero-order valence-corrected chi connectivity index (χ0v) is 13.0. The van der Waals surface area contributed by atoms with Crippen molar-refractivity contribution >= 4 is 5.91 Å². The Morgan fingerprint density at radius 3 is 2.90 bits per heavy atom. The largest absolute Gasteiger partial charge is 0.489 e. The van der Waals surface area contributed by atoms with Crippen LogP contribution in [0.4, 0.5) is 0 Å². The summed E-state index contributed by atoms with van der Waals surface area (Å²) in [6, 6.07) is 7.92. The van der Waals surface area contributed by atoms with Crippen LogP contribution in [0.25, 0.3) is 0 Å².